The third-order valence-corrected chi connectivity index (χ3v) is 7.95. The first-order valence-electron chi connectivity index (χ1n) is 13.3. The Hall–Kier alpha value is -2.88. The van der Waals surface area contributed by atoms with Crippen molar-refractivity contribution in [3.63, 3.8) is 0 Å². The predicted molar refractivity (Wildman–Crippen MR) is 139 cm³/mol. The highest BCUT2D eigenvalue weighted by atomic mass is 19.1. The summed E-state index contributed by atoms with van der Waals surface area (Å²) in [5, 5.41) is 9.83. The number of hydrogen-bond donors (Lipinski definition) is 1. The molecule has 0 spiro atoms. The number of morpholine rings is 1. The van der Waals surface area contributed by atoms with Crippen LogP contribution in [0.5, 0.6) is 0 Å². The van der Waals surface area contributed by atoms with Crippen LogP contribution in [0, 0.1) is 11.6 Å². The van der Waals surface area contributed by atoms with Gasteiger partial charge in [0.05, 0.1) is 43.1 Å². The van der Waals surface area contributed by atoms with Crippen LogP contribution in [-0.2, 0) is 11.3 Å². The van der Waals surface area contributed by atoms with Crippen LogP contribution >= 0.6 is 0 Å². The molecule has 4 heterocycles. The fraction of sp³-hybridized carbons (Fsp3) is 0.500. The lowest BCUT2D eigenvalue weighted by Crippen LogP contribution is -2.36. The van der Waals surface area contributed by atoms with Crippen LogP contribution in [0.1, 0.15) is 42.9 Å². The SMILES string of the molecule is OC[C@@H]1CCCN1Cc1cc(C2CCCN2c2cc(F)cc(F)c2)c2nc(N3CCOCC3)cnc2c1. The maximum atomic E-state index is 14.2. The van der Waals surface area contributed by atoms with Gasteiger partial charge in [-0.3, -0.25) is 9.88 Å². The molecule has 1 unspecified atom stereocenters. The van der Waals surface area contributed by atoms with Crippen LogP contribution in [-0.4, -0.2) is 72.0 Å². The van der Waals surface area contributed by atoms with Crippen molar-refractivity contribution in [1.29, 1.82) is 0 Å². The van der Waals surface area contributed by atoms with E-state index in [0.29, 0.717) is 25.4 Å². The fourth-order valence-electron chi connectivity index (χ4n) is 6.13. The Bertz CT molecular complexity index is 1250. The van der Waals surface area contributed by atoms with Crippen molar-refractivity contribution in [1.82, 2.24) is 14.9 Å². The van der Waals surface area contributed by atoms with Crippen molar-refractivity contribution < 1.29 is 18.6 Å². The number of hydrogen-bond acceptors (Lipinski definition) is 7. The molecule has 3 aliphatic heterocycles. The van der Waals surface area contributed by atoms with Crippen molar-refractivity contribution in [2.75, 3.05) is 55.8 Å². The Kier molecular flexibility index (Phi) is 6.92. The molecule has 0 radical (unpaired) electrons. The highest BCUT2D eigenvalue weighted by Crippen LogP contribution is 2.40. The van der Waals surface area contributed by atoms with E-state index >= 15 is 0 Å². The van der Waals surface area contributed by atoms with Crippen LogP contribution in [0.4, 0.5) is 20.3 Å². The van der Waals surface area contributed by atoms with Gasteiger partial charge in [-0.1, -0.05) is 6.07 Å². The standard InChI is InChI=1S/C28H33F2N5O2/c29-20-13-21(30)15-23(14-20)35-6-2-4-26(35)24-11-19(17-34-5-1-3-22(34)18-36)12-25-28(24)32-27(16-31-25)33-7-9-37-10-8-33/h11-16,22,26,36H,1-10,17-18H2/t22-,26?/m0/s1. The predicted octanol–water partition coefficient (Wildman–Crippen LogP) is 4.04. The van der Waals surface area contributed by atoms with E-state index in [9.17, 15) is 13.9 Å². The summed E-state index contributed by atoms with van der Waals surface area (Å²) < 4.78 is 33.8. The van der Waals surface area contributed by atoms with Crippen LogP contribution < -0.4 is 9.80 Å². The van der Waals surface area contributed by atoms with Crippen molar-refractivity contribution in [3.8, 4) is 0 Å². The minimum Gasteiger partial charge on any atom is -0.395 e. The Labute approximate surface area is 215 Å². The van der Waals surface area contributed by atoms with Crippen LogP contribution in [0.2, 0.25) is 0 Å². The minimum atomic E-state index is -0.572. The lowest BCUT2D eigenvalue weighted by Gasteiger charge is -2.30. The summed E-state index contributed by atoms with van der Waals surface area (Å²) in [6.45, 7) is 5.41. The van der Waals surface area contributed by atoms with Gasteiger partial charge in [-0.25, -0.2) is 13.8 Å². The van der Waals surface area contributed by atoms with Crippen molar-refractivity contribution in [2.45, 2.75) is 44.3 Å². The van der Waals surface area contributed by atoms with Gasteiger partial charge in [0.25, 0.3) is 0 Å². The maximum Gasteiger partial charge on any atom is 0.148 e. The molecule has 2 aromatic carbocycles. The first kappa shape index (κ1) is 24.5. The number of benzene rings is 2. The average molecular weight is 510 g/mol. The fourth-order valence-corrected chi connectivity index (χ4v) is 6.13. The molecule has 2 atom stereocenters. The lowest BCUT2D eigenvalue weighted by atomic mass is 9.98. The van der Waals surface area contributed by atoms with Crippen LogP contribution in [0.3, 0.4) is 0 Å². The number of rotatable bonds is 6. The van der Waals surface area contributed by atoms with E-state index in [-0.39, 0.29) is 18.7 Å². The third kappa shape index (κ3) is 5.00. The summed E-state index contributed by atoms with van der Waals surface area (Å²) in [6, 6.07) is 8.15. The zero-order valence-electron chi connectivity index (χ0n) is 21.0. The molecule has 196 valence electrons. The summed E-state index contributed by atoms with van der Waals surface area (Å²) in [5.41, 5.74) is 4.37. The van der Waals surface area contributed by atoms with E-state index < -0.39 is 11.6 Å². The van der Waals surface area contributed by atoms with Gasteiger partial charge in [0, 0.05) is 49.5 Å². The molecule has 0 saturated carbocycles. The number of ether oxygens (including phenoxy) is 1. The molecule has 7 nitrogen and oxygen atoms in total. The van der Waals surface area contributed by atoms with E-state index in [0.717, 1.165) is 85.9 Å². The molecule has 3 aliphatic rings. The Morgan fingerprint density at radius 1 is 0.946 bits per heavy atom. The van der Waals surface area contributed by atoms with Gasteiger partial charge in [0.2, 0.25) is 0 Å². The molecule has 37 heavy (non-hydrogen) atoms. The number of aliphatic hydroxyl groups is 1. The zero-order valence-corrected chi connectivity index (χ0v) is 21.0. The molecular weight excluding hydrogens is 476 g/mol. The summed E-state index contributed by atoms with van der Waals surface area (Å²) in [4.78, 5) is 16.5. The van der Waals surface area contributed by atoms with E-state index in [1.54, 1.807) is 0 Å². The second-order valence-electron chi connectivity index (χ2n) is 10.3. The number of aliphatic hydroxyl groups excluding tert-OH is 1. The molecule has 6 rings (SSSR count). The van der Waals surface area contributed by atoms with Crippen molar-refractivity contribution in [3.05, 3.63) is 59.3 Å². The number of aromatic nitrogens is 2. The molecule has 0 bridgehead atoms. The molecular formula is C28H33F2N5O2. The largest absolute Gasteiger partial charge is 0.395 e. The quantitative estimate of drug-likeness (QED) is 0.538. The highest BCUT2D eigenvalue weighted by Gasteiger charge is 2.31. The van der Waals surface area contributed by atoms with Gasteiger partial charge in [0.15, 0.2) is 0 Å². The maximum absolute atomic E-state index is 14.2. The molecule has 3 fully saturated rings. The smallest absolute Gasteiger partial charge is 0.148 e. The minimum absolute atomic E-state index is 0.0647. The van der Waals surface area contributed by atoms with Crippen molar-refractivity contribution >= 4 is 22.5 Å². The highest BCUT2D eigenvalue weighted by molar-refractivity contribution is 5.81. The summed E-state index contributed by atoms with van der Waals surface area (Å²) in [6.07, 6.45) is 5.70. The topological polar surface area (TPSA) is 65.0 Å². The number of halogens is 2. The van der Waals surface area contributed by atoms with Gasteiger partial charge in [-0.05, 0) is 56.0 Å². The zero-order chi connectivity index (χ0) is 25.4. The third-order valence-electron chi connectivity index (χ3n) is 7.95. The van der Waals surface area contributed by atoms with E-state index in [1.165, 1.54) is 12.1 Å². The van der Waals surface area contributed by atoms with Crippen LogP contribution in [0.25, 0.3) is 11.0 Å². The summed E-state index contributed by atoms with van der Waals surface area (Å²) in [7, 11) is 0. The second-order valence-corrected chi connectivity index (χ2v) is 10.3. The number of fused-ring (bicyclic) bond motifs is 1. The van der Waals surface area contributed by atoms with Gasteiger partial charge < -0.3 is 19.6 Å². The summed E-state index contributed by atoms with van der Waals surface area (Å²) >= 11 is 0. The summed E-state index contributed by atoms with van der Waals surface area (Å²) in [5.74, 6) is -0.318. The molecule has 1 N–H and O–H groups in total. The van der Waals surface area contributed by atoms with Gasteiger partial charge in [-0.2, -0.15) is 0 Å². The normalized spacial score (nSPS) is 22.9. The number of anilines is 2. The first-order valence-corrected chi connectivity index (χ1v) is 13.3. The molecule has 3 aromatic rings. The van der Waals surface area contributed by atoms with E-state index in [1.807, 2.05) is 6.20 Å². The molecule has 9 heteroatoms. The monoisotopic (exact) mass is 509 g/mol. The molecule has 1 aromatic heterocycles. The van der Waals surface area contributed by atoms with Gasteiger partial charge in [-0.15, -0.1) is 0 Å². The first-order chi connectivity index (χ1) is 18.1. The van der Waals surface area contributed by atoms with Gasteiger partial charge in [0.1, 0.15) is 17.5 Å². The Balaban J connectivity index is 1.43. The molecule has 3 saturated heterocycles. The van der Waals surface area contributed by atoms with E-state index in [2.05, 4.69) is 26.8 Å². The average Bonchev–Trinajstić information content (AvgIpc) is 3.57. The van der Waals surface area contributed by atoms with E-state index in [4.69, 9.17) is 14.7 Å². The number of nitrogens with zero attached hydrogens (tertiary/aromatic N) is 5. The van der Waals surface area contributed by atoms with Gasteiger partial charge >= 0.3 is 0 Å². The second kappa shape index (κ2) is 10.5. The molecule has 0 amide bonds. The Morgan fingerprint density at radius 3 is 2.51 bits per heavy atom. The molecule has 0 aliphatic carbocycles. The lowest BCUT2D eigenvalue weighted by molar-refractivity contribution is 0.122. The Morgan fingerprint density at radius 2 is 1.73 bits per heavy atom. The van der Waals surface area contributed by atoms with Crippen molar-refractivity contribution in [2.24, 2.45) is 0 Å². The van der Waals surface area contributed by atoms with Crippen LogP contribution in [0.15, 0.2) is 36.5 Å². The number of likely N-dealkylation sites (tertiary alicyclic amines) is 1.